The summed E-state index contributed by atoms with van der Waals surface area (Å²) < 4.78 is 15.2. The minimum absolute atomic E-state index is 0. The first-order valence-corrected chi connectivity index (χ1v) is 7.76. The number of hydrogen-bond donors (Lipinski definition) is 1. The molecule has 0 atom stereocenters. The number of benzene rings is 1. The number of nitrogens with one attached hydrogen (secondary N) is 1. The second-order valence-corrected chi connectivity index (χ2v) is 6.63. The van der Waals surface area contributed by atoms with Crippen LogP contribution in [0.1, 0.15) is 5.56 Å². The number of quaternary nitrogens is 1. The number of rotatable bonds is 6. The summed E-state index contributed by atoms with van der Waals surface area (Å²) in [7, 11) is -1.26. The van der Waals surface area contributed by atoms with Crippen LogP contribution < -0.4 is 61.2 Å². The van der Waals surface area contributed by atoms with Crippen molar-refractivity contribution in [2.45, 2.75) is 6.42 Å². The van der Waals surface area contributed by atoms with E-state index in [2.05, 4.69) is 9.51 Å². The van der Waals surface area contributed by atoms with E-state index in [-0.39, 0.29) is 58.1 Å². The van der Waals surface area contributed by atoms with Crippen molar-refractivity contribution in [3.05, 3.63) is 36.0 Å². The Bertz CT molecular complexity index is 638. The molecule has 1 aromatic heterocycles. The number of phosphoric ester groups is 1. The van der Waals surface area contributed by atoms with Crippen molar-refractivity contribution in [2.24, 2.45) is 0 Å². The zero-order valence-electron chi connectivity index (χ0n) is 12.5. The molecule has 8 heteroatoms. The van der Waals surface area contributed by atoms with E-state index in [9.17, 15) is 14.4 Å². The van der Waals surface area contributed by atoms with Crippen LogP contribution in [-0.4, -0.2) is 36.8 Å². The number of aromatic amines is 1. The average molecular weight is 336 g/mol. The molecule has 0 aliphatic rings. The van der Waals surface area contributed by atoms with Gasteiger partial charge in [0.2, 0.25) is 0 Å². The minimum Gasteiger partial charge on any atom is -0.790 e. The Balaban J connectivity index is 0.00000220. The second kappa shape index (κ2) is 7.83. The van der Waals surface area contributed by atoms with Crippen LogP contribution in [0.3, 0.4) is 0 Å². The Kier molecular flexibility index (Phi) is 7.28. The van der Waals surface area contributed by atoms with Crippen molar-refractivity contribution in [2.75, 3.05) is 27.4 Å². The van der Waals surface area contributed by atoms with Gasteiger partial charge in [-0.3, -0.25) is 0 Å². The van der Waals surface area contributed by atoms with E-state index in [1.54, 1.807) is 0 Å². The molecule has 0 aliphatic heterocycles. The summed E-state index contributed by atoms with van der Waals surface area (Å²) in [6.45, 7) is 0.522. The number of nitrogens with zero attached hydrogens (tertiary/aromatic N) is 1. The van der Waals surface area contributed by atoms with Crippen molar-refractivity contribution >= 4 is 18.7 Å². The molecule has 21 heavy (non-hydrogen) atoms. The fraction of sp³-hybridized carbons (Fsp3) is 0.385. The smallest absolute Gasteiger partial charge is 0.790 e. The third kappa shape index (κ3) is 6.23. The van der Waals surface area contributed by atoms with E-state index in [1.165, 1.54) is 5.56 Å². The van der Waals surface area contributed by atoms with E-state index in [0.717, 1.165) is 17.3 Å². The first-order valence-electron chi connectivity index (χ1n) is 6.30. The van der Waals surface area contributed by atoms with Crippen LogP contribution in [-0.2, 0) is 15.5 Å². The number of para-hydroxylation sites is 1. The molecule has 2 rings (SSSR count). The van der Waals surface area contributed by atoms with Crippen LogP contribution in [0.25, 0.3) is 10.9 Å². The molecule has 0 bridgehead atoms. The van der Waals surface area contributed by atoms with Gasteiger partial charge >= 0.3 is 51.4 Å². The Hall–Kier alpha value is 0.466. The first-order chi connectivity index (χ1) is 9.27. The summed E-state index contributed by atoms with van der Waals surface area (Å²) in [5, 5.41) is 1.16. The quantitative estimate of drug-likeness (QED) is 0.276. The van der Waals surface area contributed by atoms with Gasteiger partial charge in [0.15, 0.2) is 6.73 Å². The Morgan fingerprint density at radius 3 is 2.62 bits per heavy atom. The number of likely N-dealkylation sites (N-methyl/N-ethyl adjacent to an activating group) is 1. The van der Waals surface area contributed by atoms with Crippen molar-refractivity contribution in [1.29, 1.82) is 0 Å². The monoisotopic (exact) mass is 336 g/mol. The predicted molar refractivity (Wildman–Crippen MR) is 72.5 cm³/mol. The van der Waals surface area contributed by atoms with Crippen molar-refractivity contribution in [3.8, 4) is 0 Å². The molecular formula is C13H18KN2O4P. The third-order valence-corrected chi connectivity index (χ3v) is 3.66. The molecule has 0 spiro atoms. The summed E-state index contributed by atoms with van der Waals surface area (Å²) >= 11 is 0. The molecule has 2 aromatic rings. The number of H-pyrrole nitrogens is 1. The summed E-state index contributed by atoms with van der Waals surface area (Å²) in [5.41, 5.74) is 2.24. The van der Waals surface area contributed by atoms with Gasteiger partial charge in [0.05, 0.1) is 28.5 Å². The van der Waals surface area contributed by atoms with Gasteiger partial charge in [0.25, 0.3) is 0 Å². The second-order valence-electron chi connectivity index (χ2n) is 5.47. The van der Waals surface area contributed by atoms with Gasteiger partial charge in [0.1, 0.15) is 0 Å². The van der Waals surface area contributed by atoms with Crippen LogP contribution >= 0.6 is 7.82 Å². The van der Waals surface area contributed by atoms with Crippen LogP contribution in [0.5, 0.6) is 0 Å². The fourth-order valence-electron chi connectivity index (χ4n) is 2.05. The van der Waals surface area contributed by atoms with E-state index < -0.39 is 7.82 Å². The summed E-state index contributed by atoms with van der Waals surface area (Å²) in [6.07, 6.45) is 2.72. The van der Waals surface area contributed by atoms with Crippen molar-refractivity contribution in [1.82, 2.24) is 4.98 Å². The van der Waals surface area contributed by atoms with Crippen LogP contribution in [0, 0.1) is 0 Å². The molecule has 110 valence electrons. The molecule has 0 radical (unpaired) electrons. The van der Waals surface area contributed by atoms with Gasteiger partial charge < -0.3 is 28.3 Å². The van der Waals surface area contributed by atoms with Crippen molar-refractivity contribution in [3.63, 3.8) is 0 Å². The molecule has 1 heterocycles. The van der Waals surface area contributed by atoms with Crippen molar-refractivity contribution < 1.29 is 74.7 Å². The maximum absolute atomic E-state index is 10.5. The molecule has 0 saturated carbocycles. The number of fused-ring (bicyclic) bond motifs is 1. The SMILES string of the molecule is C[N+](C)(CCc1c[nH]c2ccccc12)COP(=O)([O-])[O-].[K+]. The van der Waals surface area contributed by atoms with Crippen LogP contribution in [0.4, 0.5) is 0 Å². The minimum atomic E-state index is -4.91. The molecule has 0 amide bonds. The topological polar surface area (TPSA) is 88.2 Å². The molecule has 0 aliphatic carbocycles. The molecule has 1 aromatic carbocycles. The third-order valence-electron chi connectivity index (χ3n) is 3.23. The maximum Gasteiger partial charge on any atom is 1.00 e. The van der Waals surface area contributed by atoms with Gasteiger partial charge in [0, 0.05) is 23.5 Å². The zero-order chi connectivity index (χ0) is 14.8. The normalized spacial score (nSPS) is 12.4. The van der Waals surface area contributed by atoms with Gasteiger partial charge in [-0.05, 0) is 11.6 Å². The number of hydrogen-bond acceptors (Lipinski definition) is 4. The Morgan fingerprint density at radius 2 is 1.95 bits per heavy atom. The van der Waals surface area contributed by atoms with E-state index >= 15 is 0 Å². The molecule has 0 fully saturated rings. The molecular weight excluding hydrogens is 318 g/mol. The van der Waals surface area contributed by atoms with Gasteiger partial charge in [-0.15, -0.1) is 0 Å². The van der Waals surface area contributed by atoms with E-state index in [4.69, 9.17) is 0 Å². The van der Waals surface area contributed by atoms with Gasteiger partial charge in [-0.2, -0.15) is 0 Å². The van der Waals surface area contributed by atoms with Gasteiger partial charge in [-0.25, -0.2) is 0 Å². The first kappa shape index (κ1) is 19.5. The average Bonchev–Trinajstić information content (AvgIpc) is 2.77. The molecule has 6 nitrogen and oxygen atoms in total. The Labute approximate surface area is 166 Å². The predicted octanol–water partition coefficient (Wildman–Crippen LogP) is -2.41. The molecule has 0 unspecified atom stereocenters. The fourth-order valence-corrected chi connectivity index (χ4v) is 2.51. The maximum atomic E-state index is 10.5. The Morgan fingerprint density at radius 1 is 1.29 bits per heavy atom. The number of aromatic nitrogens is 1. The summed E-state index contributed by atoms with van der Waals surface area (Å²) in [5.74, 6) is 0. The van der Waals surface area contributed by atoms with E-state index in [1.807, 2.05) is 44.6 Å². The summed E-state index contributed by atoms with van der Waals surface area (Å²) in [6, 6.07) is 8.00. The largest absolute Gasteiger partial charge is 1.00 e. The van der Waals surface area contributed by atoms with E-state index in [0.29, 0.717) is 11.0 Å². The van der Waals surface area contributed by atoms with Crippen LogP contribution in [0.2, 0.25) is 0 Å². The van der Waals surface area contributed by atoms with Gasteiger partial charge in [-0.1, -0.05) is 18.2 Å². The van der Waals surface area contributed by atoms with Crippen LogP contribution in [0.15, 0.2) is 30.5 Å². The zero-order valence-corrected chi connectivity index (χ0v) is 16.6. The summed E-state index contributed by atoms with van der Waals surface area (Å²) in [4.78, 5) is 24.2. The standard InChI is InChI=1S/C13H19N2O4P.K/c1-15(2,10-19-20(16,17)18)8-7-11-9-14-13-6-4-3-5-12(11)13;/h3-6,9,14H,7-8,10H2,1-2H3,(H-,16,17,18);/q;+1/p-1. The molecule has 1 N–H and O–H groups in total. The number of phosphoric acid groups is 1. The molecule has 0 saturated heterocycles.